The first-order valence-corrected chi connectivity index (χ1v) is 3.69. The SMILES string of the molecule is FC1=CC(F)(F)C(F)=C(Br)C1(F)F. The molecule has 0 radical (unpaired) electrons. The second-order valence-corrected chi connectivity index (χ2v) is 3.11. The van der Waals surface area contributed by atoms with Crippen LogP contribution in [-0.4, -0.2) is 11.8 Å². The monoisotopic (exact) mass is 266 g/mol. The van der Waals surface area contributed by atoms with Crippen molar-refractivity contribution in [2.75, 3.05) is 0 Å². The number of allylic oxidation sites excluding steroid dienone is 4. The van der Waals surface area contributed by atoms with E-state index in [2.05, 4.69) is 0 Å². The highest BCUT2D eigenvalue weighted by Gasteiger charge is 2.52. The minimum atomic E-state index is -4.34. The maximum absolute atomic E-state index is 12.5. The zero-order chi connectivity index (χ0) is 10.4. The fourth-order valence-corrected chi connectivity index (χ4v) is 1.16. The van der Waals surface area contributed by atoms with Crippen LogP contribution in [0.5, 0.6) is 0 Å². The van der Waals surface area contributed by atoms with Crippen molar-refractivity contribution < 1.29 is 26.3 Å². The maximum Gasteiger partial charge on any atom is 0.332 e. The maximum atomic E-state index is 12.5. The molecular weight excluding hydrogens is 266 g/mol. The molecule has 1 rings (SSSR count). The lowest BCUT2D eigenvalue weighted by Gasteiger charge is -2.23. The van der Waals surface area contributed by atoms with Gasteiger partial charge in [0.1, 0.15) is 4.48 Å². The molecule has 0 saturated carbocycles. The van der Waals surface area contributed by atoms with Gasteiger partial charge < -0.3 is 0 Å². The molecule has 0 aromatic heterocycles. The summed E-state index contributed by atoms with van der Waals surface area (Å²) >= 11 is 1.88. The first kappa shape index (κ1) is 10.6. The van der Waals surface area contributed by atoms with E-state index in [-0.39, 0.29) is 0 Å². The molecule has 0 unspecified atom stereocenters. The summed E-state index contributed by atoms with van der Waals surface area (Å²) in [5.74, 6) is -13.4. The number of alkyl halides is 4. The molecule has 0 fully saturated rings. The Hall–Kier alpha value is -0.460. The van der Waals surface area contributed by atoms with Gasteiger partial charge in [-0.15, -0.1) is 0 Å². The van der Waals surface area contributed by atoms with E-state index in [1.54, 1.807) is 0 Å². The third-order valence-corrected chi connectivity index (χ3v) is 2.22. The van der Waals surface area contributed by atoms with E-state index in [1.165, 1.54) is 0 Å². The van der Waals surface area contributed by atoms with Crippen LogP contribution in [-0.2, 0) is 0 Å². The van der Waals surface area contributed by atoms with Crippen LogP contribution in [0.2, 0.25) is 0 Å². The molecule has 0 atom stereocenters. The molecular formula is C6HBrF6. The highest BCUT2D eigenvalue weighted by molar-refractivity contribution is 9.11. The van der Waals surface area contributed by atoms with E-state index in [0.717, 1.165) is 0 Å². The Morgan fingerprint density at radius 3 is 2.00 bits per heavy atom. The molecule has 13 heavy (non-hydrogen) atoms. The Bertz CT molecular complexity index is 302. The van der Waals surface area contributed by atoms with Crippen LogP contribution in [0.3, 0.4) is 0 Å². The Morgan fingerprint density at radius 1 is 1.08 bits per heavy atom. The summed E-state index contributed by atoms with van der Waals surface area (Å²) in [5, 5.41) is 0. The molecule has 0 saturated heterocycles. The van der Waals surface area contributed by atoms with Gasteiger partial charge in [-0.2, -0.15) is 17.6 Å². The molecule has 7 heteroatoms. The molecule has 0 bridgehead atoms. The standard InChI is InChI=1S/C6HBrF6/c7-3-4(9)5(10,11)1-2(8)6(3,12)13/h1H. The first-order valence-electron chi connectivity index (χ1n) is 2.90. The molecule has 0 aromatic carbocycles. The minimum absolute atomic E-state index is 0.743. The molecule has 1 aliphatic carbocycles. The molecule has 0 N–H and O–H groups in total. The Labute approximate surface area is 77.0 Å². The number of halogens is 7. The fraction of sp³-hybridized carbons (Fsp3) is 0.333. The zero-order valence-corrected chi connectivity index (χ0v) is 7.31. The van der Waals surface area contributed by atoms with Gasteiger partial charge in [0, 0.05) is 6.08 Å². The topological polar surface area (TPSA) is 0 Å². The van der Waals surface area contributed by atoms with Crippen molar-refractivity contribution in [1.82, 2.24) is 0 Å². The van der Waals surface area contributed by atoms with Crippen molar-refractivity contribution in [3.8, 4) is 0 Å². The first-order chi connectivity index (χ1) is 5.69. The van der Waals surface area contributed by atoms with Gasteiger partial charge >= 0.3 is 11.8 Å². The summed E-state index contributed by atoms with van der Waals surface area (Å²) in [5.41, 5.74) is 0. The molecule has 74 valence electrons. The average molecular weight is 267 g/mol. The van der Waals surface area contributed by atoms with Gasteiger partial charge in [-0.05, 0) is 15.9 Å². The average Bonchev–Trinajstić information content (AvgIpc) is 1.98. The smallest absolute Gasteiger partial charge is 0.205 e. The van der Waals surface area contributed by atoms with Crippen LogP contribution in [0.25, 0.3) is 0 Å². The summed E-state index contributed by atoms with van der Waals surface area (Å²) in [7, 11) is 0. The van der Waals surface area contributed by atoms with Crippen molar-refractivity contribution in [2.45, 2.75) is 11.8 Å². The molecule has 0 nitrogen and oxygen atoms in total. The van der Waals surface area contributed by atoms with Crippen LogP contribution < -0.4 is 0 Å². The summed E-state index contributed by atoms with van der Waals surface area (Å²) in [4.78, 5) is 0. The van der Waals surface area contributed by atoms with Crippen molar-refractivity contribution in [3.63, 3.8) is 0 Å². The van der Waals surface area contributed by atoms with Gasteiger partial charge in [0.05, 0.1) is 0 Å². The highest BCUT2D eigenvalue weighted by atomic mass is 79.9. The number of hydrogen-bond donors (Lipinski definition) is 0. The summed E-state index contributed by atoms with van der Waals surface area (Å²) < 4.78 is 72.5. The molecule has 0 spiro atoms. The predicted molar refractivity (Wildman–Crippen MR) is 36.1 cm³/mol. The van der Waals surface area contributed by atoms with E-state index in [4.69, 9.17) is 0 Å². The molecule has 0 heterocycles. The lowest BCUT2D eigenvalue weighted by Crippen LogP contribution is -2.30. The zero-order valence-electron chi connectivity index (χ0n) is 5.72. The van der Waals surface area contributed by atoms with Gasteiger partial charge in [-0.25, -0.2) is 8.78 Å². The van der Waals surface area contributed by atoms with Gasteiger partial charge in [0.25, 0.3) is 0 Å². The van der Waals surface area contributed by atoms with Crippen LogP contribution in [0.15, 0.2) is 22.2 Å². The second-order valence-electron chi connectivity index (χ2n) is 2.32. The Kier molecular flexibility index (Phi) is 2.26. The van der Waals surface area contributed by atoms with E-state index in [0.29, 0.717) is 0 Å². The predicted octanol–water partition coefficient (Wildman–Crippen LogP) is 3.70. The van der Waals surface area contributed by atoms with Crippen molar-refractivity contribution in [1.29, 1.82) is 0 Å². The van der Waals surface area contributed by atoms with Gasteiger partial charge in [0.15, 0.2) is 11.7 Å². The van der Waals surface area contributed by atoms with Gasteiger partial charge in [0.2, 0.25) is 0 Å². The number of rotatable bonds is 0. The summed E-state index contributed by atoms with van der Waals surface area (Å²) in [6.45, 7) is 0. The summed E-state index contributed by atoms with van der Waals surface area (Å²) in [6.07, 6.45) is -0.743. The lowest BCUT2D eigenvalue weighted by atomic mass is 10.1. The van der Waals surface area contributed by atoms with Crippen molar-refractivity contribution >= 4 is 15.9 Å². The highest BCUT2D eigenvalue weighted by Crippen LogP contribution is 2.48. The Morgan fingerprint density at radius 2 is 1.54 bits per heavy atom. The lowest BCUT2D eigenvalue weighted by molar-refractivity contribution is 0.0157. The quantitative estimate of drug-likeness (QED) is 0.587. The van der Waals surface area contributed by atoms with E-state index < -0.39 is 34.1 Å². The van der Waals surface area contributed by atoms with Gasteiger partial charge in [-0.1, -0.05) is 0 Å². The Balaban J connectivity index is 3.30. The molecule has 0 amide bonds. The third kappa shape index (κ3) is 1.49. The van der Waals surface area contributed by atoms with Crippen LogP contribution in [0.1, 0.15) is 0 Å². The molecule has 0 aromatic rings. The van der Waals surface area contributed by atoms with E-state index in [1.807, 2.05) is 15.9 Å². The normalized spacial score (nSPS) is 25.9. The third-order valence-electron chi connectivity index (χ3n) is 1.37. The van der Waals surface area contributed by atoms with Crippen molar-refractivity contribution in [3.05, 3.63) is 22.2 Å². The second kappa shape index (κ2) is 2.76. The molecule has 1 aliphatic rings. The fourth-order valence-electron chi connectivity index (χ4n) is 0.702. The molecule has 0 aliphatic heterocycles. The van der Waals surface area contributed by atoms with Crippen molar-refractivity contribution in [2.24, 2.45) is 0 Å². The van der Waals surface area contributed by atoms with Crippen LogP contribution in [0, 0.1) is 0 Å². The number of hydrogen-bond acceptors (Lipinski definition) is 0. The van der Waals surface area contributed by atoms with Crippen LogP contribution in [0.4, 0.5) is 26.3 Å². The minimum Gasteiger partial charge on any atom is -0.205 e. The summed E-state index contributed by atoms with van der Waals surface area (Å²) in [6, 6.07) is 0. The van der Waals surface area contributed by atoms with E-state index in [9.17, 15) is 26.3 Å². The van der Waals surface area contributed by atoms with E-state index >= 15 is 0 Å². The largest absolute Gasteiger partial charge is 0.332 e. The van der Waals surface area contributed by atoms with Gasteiger partial charge in [-0.3, -0.25) is 0 Å². The van der Waals surface area contributed by atoms with Crippen LogP contribution >= 0.6 is 15.9 Å².